The van der Waals surface area contributed by atoms with Gasteiger partial charge in [-0.1, -0.05) is 143 Å². The molecular weight excluding hydrogens is 973 g/mol. The van der Waals surface area contributed by atoms with E-state index in [2.05, 4.69) is 208 Å². The average Bonchev–Trinajstić information content (AvgIpc) is 4.14. The Morgan fingerprint density at radius 2 is 0.824 bits per heavy atom. The summed E-state index contributed by atoms with van der Waals surface area (Å²) in [5.74, 6) is 0.662. The zero-order valence-corrected chi connectivity index (χ0v) is 40.9. The van der Waals surface area contributed by atoms with E-state index in [1.807, 2.05) is 36.4 Å². The van der Waals surface area contributed by atoms with Gasteiger partial charge in [0.25, 0.3) is 0 Å². The van der Waals surface area contributed by atoms with Crippen LogP contribution in [0.5, 0.6) is 0 Å². The molecule has 344 valence electrons. The first kappa shape index (κ1) is 41.2. The third kappa shape index (κ3) is 6.27. The van der Waals surface area contributed by atoms with Crippen molar-refractivity contribution in [3.63, 3.8) is 0 Å². The second-order valence-corrected chi connectivity index (χ2v) is 20.1. The molecule has 74 heavy (non-hydrogen) atoms. The molecule has 0 N–H and O–H groups in total. The van der Waals surface area contributed by atoms with Crippen LogP contribution >= 0.6 is 15.9 Å². The zero-order valence-electron chi connectivity index (χ0n) is 39.3. The molecule has 16 aromatic rings. The number of halogens is 1. The molecule has 0 saturated heterocycles. The van der Waals surface area contributed by atoms with Crippen molar-refractivity contribution in [2.45, 2.75) is 0 Å². The maximum absolute atomic E-state index is 6.47. The zero-order chi connectivity index (χ0) is 48.6. The van der Waals surface area contributed by atoms with E-state index in [9.17, 15) is 0 Å². The average molecular weight is 1010 g/mol. The van der Waals surface area contributed by atoms with Gasteiger partial charge in [-0.05, 0) is 119 Å². The van der Waals surface area contributed by atoms with E-state index in [0.717, 1.165) is 148 Å². The van der Waals surface area contributed by atoms with Gasteiger partial charge in [-0.3, -0.25) is 0 Å². The smallest absolute Gasteiger partial charge is 0.160 e. The maximum atomic E-state index is 6.47. The number of hydrogen-bond donors (Lipinski definition) is 0. The quantitative estimate of drug-likeness (QED) is 0.123. The molecule has 0 amide bonds. The van der Waals surface area contributed by atoms with Gasteiger partial charge in [0.15, 0.2) is 5.82 Å². The molecule has 0 spiro atoms. The largest absolute Gasteiger partial charge is 0.456 e. The SMILES string of the molecule is Brc1ccc2c3cc(-c4cc(-c5ccc6c(c5)oc5ccccc56)cc(-c5ccc6c(c5)oc5ccccc56)n4)cc4c5cc(-c6nc(-c7ccccc7)cc(-c7ccccc7)n6)ccc5n(c5cccc1c25)c34. The van der Waals surface area contributed by atoms with Gasteiger partial charge in [0.1, 0.15) is 22.3 Å². The lowest BCUT2D eigenvalue weighted by Gasteiger charge is -2.15. The van der Waals surface area contributed by atoms with Crippen molar-refractivity contribution < 1.29 is 8.83 Å². The first-order chi connectivity index (χ1) is 36.5. The summed E-state index contributed by atoms with van der Waals surface area (Å²) in [7, 11) is 0. The minimum atomic E-state index is 0.662. The molecule has 6 heterocycles. The Morgan fingerprint density at radius 3 is 1.51 bits per heavy atom. The van der Waals surface area contributed by atoms with Gasteiger partial charge in [-0.25, -0.2) is 15.0 Å². The van der Waals surface area contributed by atoms with E-state index in [0.29, 0.717) is 5.82 Å². The summed E-state index contributed by atoms with van der Waals surface area (Å²) in [5, 5.41) is 11.2. The van der Waals surface area contributed by atoms with Crippen molar-refractivity contribution in [3.05, 3.63) is 229 Å². The third-order valence-electron chi connectivity index (χ3n) is 15.0. The summed E-state index contributed by atoms with van der Waals surface area (Å²) in [4.78, 5) is 16.1. The van der Waals surface area contributed by atoms with Crippen molar-refractivity contribution in [2.75, 3.05) is 0 Å². The van der Waals surface area contributed by atoms with Gasteiger partial charge in [0.2, 0.25) is 0 Å². The van der Waals surface area contributed by atoms with Crippen molar-refractivity contribution in [3.8, 4) is 67.5 Å². The highest BCUT2D eigenvalue weighted by molar-refractivity contribution is 9.10. The Bertz CT molecular complexity index is 4790. The minimum Gasteiger partial charge on any atom is -0.456 e. The molecule has 6 nitrogen and oxygen atoms in total. The van der Waals surface area contributed by atoms with Crippen molar-refractivity contribution >= 4 is 109 Å². The summed E-state index contributed by atoms with van der Waals surface area (Å²) in [6, 6.07) is 79.1. The summed E-state index contributed by atoms with van der Waals surface area (Å²) in [6.07, 6.45) is 0. The first-order valence-corrected chi connectivity index (χ1v) is 25.5. The Kier molecular flexibility index (Phi) is 8.79. The fraction of sp³-hybridized carbons (Fsp3) is 0. The Morgan fingerprint density at radius 1 is 0.297 bits per heavy atom. The minimum absolute atomic E-state index is 0.662. The molecule has 0 aliphatic carbocycles. The van der Waals surface area contributed by atoms with Gasteiger partial charge in [0, 0.05) is 75.4 Å². The number of nitrogens with zero attached hydrogens (tertiary/aromatic N) is 4. The van der Waals surface area contributed by atoms with E-state index in [-0.39, 0.29) is 0 Å². The second-order valence-electron chi connectivity index (χ2n) is 19.2. The molecule has 0 atom stereocenters. The van der Waals surface area contributed by atoms with Gasteiger partial charge >= 0.3 is 0 Å². The van der Waals surface area contributed by atoms with Crippen LogP contribution in [0, 0.1) is 0 Å². The Balaban J connectivity index is 0.966. The number of pyridine rings is 2. The van der Waals surface area contributed by atoms with Gasteiger partial charge in [0.05, 0.1) is 39.3 Å². The number of hydrogen-bond acceptors (Lipinski definition) is 5. The molecule has 0 aliphatic heterocycles. The Labute approximate surface area is 430 Å². The molecule has 6 aromatic heterocycles. The van der Waals surface area contributed by atoms with Gasteiger partial charge in [-0.15, -0.1) is 0 Å². The molecular formula is C67H37BrN4O2. The van der Waals surface area contributed by atoms with Crippen LogP contribution < -0.4 is 0 Å². The fourth-order valence-corrected chi connectivity index (χ4v) is 12.0. The summed E-state index contributed by atoms with van der Waals surface area (Å²) >= 11 is 3.93. The van der Waals surface area contributed by atoms with E-state index in [1.54, 1.807) is 0 Å². The molecule has 16 rings (SSSR count). The van der Waals surface area contributed by atoms with Gasteiger partial charge in [-0.2, -0.15) is 0 Å². The standard InChI is InChI=1S/C67H37BrN4O2/c68-54-28-27-49-52-31-44(56-34-43(40-22-25-47-45-16-7-9-20-61(45)73-63(47)35-40)33-55(69-56)41-23-26-48-46-17-8-10-21-62(46)74-64(48)36-41)32-53-51-30-42(24-29-59(51)72(66(52)53)60-19-11-18-50(54)65(49)60)67-70-57(38-12-3-1-4-13-38)37-58(71-67)39-14-5-2-6-15-39/h1-37H. The van der Waals surface area contributed by atoms with Crippen molar-refractivity contribution in [2.24, 2.45) is 0 Å². The number of rotatable bonds is 6. The van der Waals surface area contributed by atoms with E-state index in [4.69, 9.17) is 23.8 Å². The number of fused-ring (bicyclic) bond motifs is 11. The van der Waals surface area contributed by atoms with Crippen LogP contribution in [0.1, 0.15) is 0 Å². The molecule has 0 bridgehead atoms. The fourth-order valence-electron chi connectivity index (χ4n) is 11.5. The summed E-state index contributed by atoms with van der Waals surface area (Å²) in [5.41, 5.74) is 17.2. The number of aromatic nitrogens is 4. The van der Waals surface area contributed by atoms with Crippen LogP contribution in [0.4, 0.5) is 0 Å². The molecule has 0 fully saturated rings. The number of para-hydroxylation sites is 2. The van der Waals surface area contributed by atoms with E-state index in [1.165, 1.54) is 10.8 Å². The first-order valence-electron chi connectivity index (χ1n) is 24.7. The van der Waals surface area contributed by atoms with Crippen molar-refractivity contribution in [1.82, 2.24) is 19.4 Å². The predicted octanol–water partition coefficient (Wildman–Crippen LogP) is 18.7. The van der Waals surface area contributed by atoms with Crippen molar-refractivity contribution in [1.29, 1.82) is 0 Å². The van der Waals surface area contributed by atoms with Crippen LogP contribution in [0.3, 0.4) is 0 Å². The molecule has 0 saturated carbocycles. The lowest BCUT2D eigenvalue weighted by molar-refractivity contribution is 0.668. The van der Waals surface area contributed by atoms with Crippen LogP contribution in [0.25, 0.3) is 160 Å². The van der Waals surface area contributed by atoms with Crippen LogP contribution in [-0.4, -0.2) is 19.4 Å². The summed E-state index contributed by atoms with van der Waals surface area (Å²) in [6.45, 7) is 0. The van der Waals surface area contributed by atoms with Crippen LogP contribution in [-0.2, 0) is 0 Å². The maximum Gasteiger partial charge on any atom is 0.160 e. The topological polar surface area (TPSA) is 69.4 Å². The van der Waals surface area contributed by atoms with E-state index >= 15 is 0 Å². The lowest BCUT2D eigenvalue weighted by atomic mass is 9.95. The monoisotopic (exact) mass is 1010 g/mol. The highest BCUT2D eigenvalue weighted by Crippen LogP contribution is 2.46. The van der Waals surface area contributed by atoms with Gasteiger partial charge < -0.3 is 13.2 Å². The molecule has 7 heteroatoms. The molecule has 0 aliphatic rings. The highest BCUT2D eigenvalue weighted by atomic mass is 79.9. The Hall–Kier alpha value is -9.43. The molecule has 0 unspecified atom stereocenters. The summed E-state index contributed by atoms with van der Waals surface area (Å²) < 4.78 is 16.4. The lowest BCUT2D eigenvalue weighted by Crippen LogP contribution is -1.96. The van der Waals surface area contributed by atoms with Crippen LogP contribution in [0.2, 0.25) is 0 Å². The highest BCUT2D eigenvalue weighted by Gasteiger charge is 2.23. The van der Waals surface area contributed by atoms with E-state index < -0.39 is 0 Å². The number of furan rings is 2. The van der Waals surface area contributed by atoms with Crippen LogP contribution in [0.15, 0.2) is 238 Å². The number of benzene rings is 10. The molecule has 10 aromatic carbocycles. The predicted molar refractivity (Wildman–Crippen MR) is 307 cm³/mol. The normalized spacial score (nSPS) is 12.1. The second kappa shape index (κ2) is 15.8. The molecule has 0 radical (unpaired) electrons. The third-order valence-corrected chi connectivity index (χ3v) is 15.7.